The molecular formula is C9H21N3O. The number of rotatable bonds is 6. The molecule has 1 atom stereocenters. The van der Waals surface area contributed by atoms with Crippen molar-refractivity contribution in [3.05, 3.63) is 0 Å². The molecule has 4 heteroatoms. The van der Waals surface area contributed by atoms with Gasteiger partial charge in [-0.25, -0.2) is 0 Å². The fourth-order valence-electron chi connectivity index (χ4n) is 1.06. The molecule has 13 heavy (non-hydrogen) atoms. The Kier molecular flexibility index (Phi) is 6.54. The average Bonchev–Trinajstić information content (AvgIpc) is 2.03. The molecular weight excluding hydrogens is 166 g/mol. The summed E-state index contributed by atoms with van der Waals surface area (Å²) < 4.78 is 0. The first kappa shape index (κ1) is 12.4. The van der Waals surface area contributed by atoms with E-state index in [0.717, 1.165) is 12.8 Å². The first-order chi connectivity index (χ1) is 6.07. The fraction of sp³-hybridized carbons (Fsp3) is 0.889. The van der Waals surface area contributed by atoms with Crippen LogP contribution in [0.3, 0.4) is 0 Å². The van der Waals surface area contributed by atoms with Gasteiger partial charge in [-0.2, -0.15) is 0 Å². The van der Waals surface area contributed by atoms with Gasteiger partial charge >= 0.3 is 0 Å². The van der Waals surface area contributed by atoms with E-state index >= 15 is 0 Å². The summed E-state index contributed by atoms with van der Waals surface area (Å²) in [7, 11) is 0. The molecule has 0 aliphatic heterocycles. The van der Waals surface area contributed by atoms with Crippen molar-refractivity contribution < 1.29 is 4.79 Å². The maximum Gasteiger partial charge on any atom is 0.236 e. The van der Waals surface area contributed by atoms with E-state index in [1.54, 1.807) is 0 Å². The SMILES string of the molecule is CC(C)CC(N)C(=O)NCCCN. The summed E-state index contributed by atoms with van der Waals surface area (Å²) in [4.78, 5) is 11.3. The molecule has 0 saturated heterocycles. The Morgan fingerprint density at radius 2 is 2.08 bits per heavy atom. The van der Waals surface area contributed by atoms with Gasteiger partial charge in [-0.15, -0.1) is 0 Å². The third kappa shape index (κ3) is 6.54. The van der Waals surface area contributed by atoms with Crippen LogP contribution >= 0.6 is 0 Å². The quantitative estimate of drug-likeness (QED) is 0.505. The van der Waals surface area contributed by atoms with E-state index in [1.165, 1.54) is 0 Å². The summed E-state index contributed by atoms with van der Waals surface area (Å²) in [6, 6.07) is -0.377. The van der Waals surface area contributed by atoms with Crippen molar-refractivity contribution in [2.24, 2.45) is 17.4 Å². The highest BCUT2D eigenvalue weighted by Crippen LogP contribution is 2.02. The van der Waals surface area contributed by atoms with E-state index in [-0.39, 0.29) is 11.9 Å². The largest absolute Gasteiger partial charge is 0.355 e. The minimum absolute atomic E-state index is 0.0675. The maximum atomic E-state index is 11.3. The van der Waals surface area contributed by atoms with Crippen molar-refractivity contribution in [3.8, 4) is 0 Å². The van der Waals surface area contributed by atoms with Crippen LogP contribution in [0.1, 0.15) is 26.7 Å². The van der Waals surface area contributed by atoms with E-state index in [0.29, 0.717) is 19.0 Å². The molecule has 1 unspecified atom stereocenters. The Hall–Kier alpha value is -0.610. The van der Waals surface area contributed by atoms with Gasteiger partial charge < -0.3 is 16.8 Å². The summed E-state index contributed by atoms with van der Waals surface area (Å²) >= 11 is 0. The third-order valence-corrected chi connectivity index (χ3v) is 1.74. The fourth-order valence-corrected chi connectivity index (χ4v) is 1.06. The van der Waals surface area contributed by atoms with Gasteiger partial charge in [0, 0.05) is 6.54 Å². The highest BCUT2D eigenvalue weighted by Gasteiger charge is 2.13. The molecule has 0 spiro atoms. The lowest BCUT2D eigenvalue weighted by molar-refractivity contribution is -0.122. The van der Waals surface area contributed by atoms with Gasteiger partial charge in [0.15, 0.2) is 0 Å². The lowest BCUT2D eigenvalue weighted by Gasteiger charge is -2.13. The second-order valence-corrected chi connectivity index (χ2v) is 3.67. The van der Waals surface area contributed by atoms with Crippen LogP contribution in [0.4, 0.5) is 0 Å². The molecule has 0 rings (SSSR count). The van der Waals surface area contributed by atoms with Crippen molar-refractivity contribution in [3.63, 3.8) is 0 Å². The number of nitrogens with two attached hydrogens (primary N) is 2. The molecule has 0 bridgehead atoms. The van der Waals surface area contributed by atoms with Crippen LogP contribution in [-0.2, 0) is 4.79 Å². The monoisotopic (exact) mass is 187 g/mol. The standard InChI is InChI=1S/C9H21N3O/c1-7(2)6-8(11)9(13)12-5-3-4-10/h7-8H,3-6,10-11H2,1-2H3,(H,12,13). The summed E-state index contributed by atoms with van der Waals surface area (Å²) in [6.07, 6.45) is 1.54. The molecule has 0 aliphatic carbocycles. The van der Waals surface area contributed by atoms with Gasteiger partial charge in [0.25, 0.3) is 0 Å². The zero-order valence-corrected chi connectivity index (χ0v) is 8.55. The Labute approximate surface area is 80.0 Å². The van der Waals surface area contributed by atoms with Crippen LogP contribution < -0.4 is 16.8 Å². The normalized spacial score (nSPS) is 13.0. The van der Waals surface area contributed by atoms with E-state index in [4.69, 9.17) is 11.5 Å². The van der Waals surface area contributed by atoms with E-state index in [9.17, 15) is 4.79 Å². The average molecular weight is 187 g/mol. The predicted molar refractivity (Wildman–Crippen MR) is 54.1 cm³/mol. The van der Waals surface area contributed by atoms with Gasteiger partial charge in [0.1, 0.15) is 0 Å². The van der Waals surface area contributed by atoms with Crippen LogP contribution in [0, 0.1) is 5.92 Å². The maximum absolute atomic E-state index is 11.3. The molecule has 4 nitrogen and oxygen atoms in total. The van der Waals surface area contributed by atoms with E-state index < -0.39 is 0 Å². The molecule has 0 radical (unpaired) electrons. The molecule has 0 heterocycles. The number of hydrogen-bond donors (Lipinski definition) is 3. The molecule has 1 amide bonds. The van der Waals surface area contributed by atoms with E-state index in [1.807, 2.05) is 13.8 Å². The molecule has 0 aliphatic rings. The van der Waals surface area contributed by atoms with Crippen LogP contribution in [0.15, 0.2) is 0 Å². The minimum Gasteiger partial charge on any atom is -0.355 e. The van der Waals surface area contributed by atoms with Crippen molar-refractivity contribution >= 4 is 5.91 Å². The lowest BCUT2D eigenvalue weighted by atomic mass is 10.0. The first-order valence-corrected chi connectivity index (χ1v) is 4.81. The summed E-state index contributed by atoms with van der Waals surface area (Å²) in [5.74, 6) is 0.386. The van der Waals surface area contributed by atoms with Crippen LogP contribution in [0.5, 0.6) is 0 Å². The molecule has 0 aromatic rings. The number of nitrogens with one attached hydrogen (secondary N) is 1. The van der Waals surface area contributed by atoms with Crippen molar-refractivity contribution in [2.75, 3.05) is 13.1 Å². The molecule has 0 saturated carbocycles. The smallest absolute Gasteiger partial charge is 0.236 e. The number of carbonyl (C=O) groups excluding carboxylic acids is 1. The zero-order chi connectivity index (χ0) is 10.3. The van der Waals surface area contributed by atoms with Crippen LogP contribution in [0.2, 0.25) is 0 Å². The predicted octanol–water partition coefficient (Wildman–Crippen LogP) is -0.175. The third-order valence-electron chi connectivity index (χ3n) is 1.74. The zero-order valence-electron chi connectivity index (χ0n) is 8.55. The molecule has 0 fully saturated rings. The van der Waals surface area contributed by atoms with Crippen molar-refractivity contribution in [2.45, 2.75) is 32.7 Å². The summed E-state index contributed by atoms with van der Waals surface area (Å²) in [6.45, 7) is 5.32. The van der Waals surface area contributed by atoms with Gasteiger partial charge in [0.2, 0.25) is 5.91 Å². The Bertz CT molecular complexity index is 148. The highest BCUT2D eigenvalue weighted by molar-refractivity contribution is 5.81. The van der Waals surface area contributed by atoms with Crippen LogP contribution in [-0.4, -0.2) is 25.0 Å². The molecule has 5 N–H and O–H groups in total. The molecule has 0 aromatic heterocycles. The number of amides is 1. The second kappa shape index (κ2) is 6.86. The molecule has 78 valence electrons. The number of carbonyl (C=O) groups is 1. The van der Waals surface area contributed by atoms with Gasteiger partial charge in [-0.3, -0.25) is 4.79 Å². The first-order valence-electron chi connectivity index (χ1n) is 4.81. The Morgan fingerprint density at radius 3 is 2.54 bits per heavy atom. The van der Waals surface area contributed by atoms with Gasteiger partial charge in [0.05, 0.1) is 6.04 Å². The van der Waals surface area contributed by atoms with E-state index in [2.05, 4.69) is 5.32 Å². The summed E-state index contributed by atoms with van der Waals surface area (Å²) in [5, 5.41) is 2.74. The van der Waals surface area contributed by atoms with Gasteiger partial charge in [-0.1, -0.05) is 13.8 Å². The lowest BCUT2D eigenvalue weighted by Crippen LogP contribution is -2.42. The topological polar surface area (TPSA) is 81.1 Å². The van der Waals surface area contributed by atoms with Crippen molar-refractivity contribution in [1.82, 2.24) is 5.32 Å². The minimum atomic E-state index is -0.377. The summed E-state index contributed by atoms with van der Waals surface area (Å²) in [5.41, 5.74) is 10.9. The molecule has 0 aromatic carbocycles. The highest BCUT2D eigenvalue weighted by atomic mass is 16.2. The Balaban J connectivity index is 3.57. The van der Waals surface area contributed by atoms with Gasteiger partial charge in [-0.05, 0) is 25.3 Å². The van der Waals surface area contributed by atoms with Crippen LogP contribution in [0.25, 0.3) is 0 Å². The van der Waals surface area contributed by atoms with Crippen molar-refractivity contribution in [1.29, 1.82) is 0 Å². The number of hydrogen-bond acceptors (Lipinski definition) is 3. The Morgan fingerprint density at radius 1 is 1.46 bits per heavy atom. The second-order valence-electron chi connectivity index (χ2n) is 3.67.